The molecule has 2 aromatic carbocycles. The number of amides is 1. The lowest BCUT2D eigenvalue weighted by atomic mass is 10.0. The van der Waals surface area contributed by atoms with Crippen LogP contribution in [0.3, 0.4) is 0 Å². The normalized spacial score (nSPS) is 16.6. The lowest BCUT2D eigenvalue weighted by molar-refractivity contribution is -0.113. The van der Waals surface area contributed by atoms with Gasteiger partial charge in [-0.3, -0.25) is 4.79 Å². The number of fused-ring (bicyclic) bond motifs is 2. The third-order valence-electron chi connectivity index (χ3n) is 4.66. The van der Waals surface area contributed by atoms with E-state index in [0.29, 0.717) is 16.5 Å². The van der Waals surface area contributed by atoms with Crippen molar-refractivity contribution in [1.82, 2.24) is 14.8 Å². The molecule has 0 spiro atoms. The first-order chi connectivity index (χ1) is 13.6. The molecule has 3 heterocycles. The van der Waals surface area contributed by atoms with E-state index in [4.69, 9.17) is 0 Å². The maximum absolute atomic E-state index is 14.5. The lowest BCUT2D eigenvalue weighted by Crippen LogP contribution is -2.15. The lowest BCUT2D eigenvalue weighted by Gasteiger charge is -2.15. The maximum atomic E-state index is 14.5. The highest BCUT2D eigenvalue weighted by atomic mass is 32.2. The fraction of sp³-hybridized carbons (Fsp3) is 0.150. The number of carbonyl (C=O) groups excluding carboxylic acids is 1. The number of hydrogen-bond donors (Lipinski definition) is 1. The molecular formula is C20H15FN4OS2. The molecule has 1 atom stereocenters. The van der Waals surface area contributed by atoms with E-state index in [1.165, 1.54) is 29.2 Å². The van der Waals surface area contributed by atoms with Crippen molar-refractivity contribution < 1.29 is 9.18 Å². The van der Waals surface area contributed by atoms with Gasteiger partial charge in [0.2, 0.25) is 11.0 Å². The van der Waals surface area contributed by atoms with Crippen LogP contribution in [-0.4, -0.2) is 26.4 Å². The zero-order chi connectivity index (χ0) is 19.3. The molecule has 0 aliphatic carbocycles. The Bertz CT molecular complexity index is 1180. The molecule has 0 radical (unpaired) electrons. The Hall–Kier alpha value is -2.71. The van der Waals surface area contributed by atoms with Crippen LogP contribution < -0.4 is 5.32 Å². The third kappa shape index (κ3) is 2.80. The van der Waals surface area contributed by atoms with E-state index in [1.807, 2.05) is 37.3 Å². The second kappa shape index (κ2) is 6.72. The number of nitrogens with zero attached hydrogens (tertiary/aromatic N) is 3. The average Bonchev–Trinajstić information content (AvgIpc) is 3.19. The van der Waals surface area contributed by atoms with Gasteiger partial charge in [-0.1, -0.05) is 41.7 Å². The summed E-state index contributed by atoms with van der Waals surface area (Å²) in [6.45, 7) is 1.88. The van der Waals surface area contributed by atoms with Crippen LogP contribution in [0.5, 0.6) is 0 Å². The van der Waals surface area contributed by atoms with Crippen LogP contribution in [0.1, 0.15) is 22.1 Å². The van der Waals surface area contributed by atoms with Crippen molar-refractivity contribution in [2.45, 2.75) is 12.2 Å². The van der Waals surface area contributed by atoms with E-state index in [2.05, 4.69) is 15.4 Å². The molecule has 5 nitrogen and oxygen atoms in total. The molecule has 0 saturated heterocycles. The number of halogens is 1. The van der Waals surface area contributed by atoms with Gasteiger partial charge >= 0.3 is 0 Å². The molecule has 0 saturated carbocycles. The van der Waals surface area contributed by atoms with Crippen molar-refractivity contribution in [2.75, 3.05) is 11.1 Å². The number of aryl methyl sites for hydroxylation is 1. The largest absolute Gasteiger partial charge is 0.310 e. The van der Waals surface area contributed by atoms with Gasteiger partial charge in [0.15, 0.2) is 0 Å². The quantitative estimate of drug-likeness (QED) is 0.520. The molecule has 140 valence electrons. The molecule has 1 amide bonds. The second-order valence-corrected chi connectivity index (χ2v) is 8.59. The first kappa shape index (κ1) is 17.4. The zero-order valence-corrected chi connectivity index (χ0v) is 16.5. The minimum atomic E-state index is -0.321. The van der Waals surface area contributed by atoms with Gasteiger partial charge in [-0.05, 0) is 25.1 Å². The van der Waals surface area contributed by atoms with Gasteiger partial charge in [0, 0.05) is 11.1 Å². The predicted molar refractivity (Wildman–Crippen MR) is 111 cm³/mol. The number of benzene rings is 2. The van der Waals surface area contributed by atoms with Gasteiger partial charge < -0.3 is 5.32 Å². The van der Waals surface area contributed by atoms with E-state index >= 15 is 0 Å². The topological polar surface area (TPSA) is 59.8 Å². The highest BCUT2D eigenvalue weighted by Gasteiger charge is 2.32. The van der Waals surface area contributed by atoms with Gasteiger partial charge in [0.25, 0.3) is 0 Å². The maximum Gasteiger partial charge on any atom is 0.235 e. The smallest absolute Gasteiger partial charge is 0.235 e. The summed E-state index contributed by atoms with van der Waals surface area (Å²) in [4.78, 5) is 17.1. The average molecular weight is 410 g/mol. The number of para-hydroxylation sites is 1. The van der Waals surface area contributed by atoms with E-state index in [0.717, 1.165) is 21.5 Å². The molecule has 0 unspecified atom stereocenters. The Morgan fingerprint density at radius 2 is 1.96 bits per heavy atom. The summed E-state index contributed by atoms with van der Waals surface area (Å²) >= 11 is 2.91. The molecule has 1 aliphatic heterocycles. The van der Waals surface area contributed by atoms with Crippen LogP contribution in [0.15, 0.2) is 48.5 Å². The van der Waals surface area contributed by atoms with Crippen molar-refractivity contribution in [3.05, 3.63) is 71.2 Å². The number of aromatic nitrogens is 3. The number of carbonyl (C=O) groups is 1. The van der Waals surface area contributed by atoms with Gasteiger partial charge in [-0.15, -0.1) is 11.8 Å². The zero-order valence-electron chi connectivity index (χ0n) is 14.8. The van der Waals surface area contributed by atoms with Crippen LogP contribution in [0, 0.1) is 12.7 Å². The minimum absolute atomic E-state index is 0.132. The summed E-state index contributed by atoms with van der Waals surface area (Å²) in [7, 11) is 0. The summed E-state index contributed by atoms with van der Waals surface area (Å²) in [6, 6.07) is 14.5. The summed E-state index contributed by atoms with van der Waals surface area (Å²) in [6.07, 6.45) is 0. The Balaban J connectivity index is 1.71. The van der Waals surface area contributed by atoms with Crippen molar-refractivity contribution in [3.63, 3.8) is 0 Å². The fourth-order valence-electron chi connectivity index (χ4n) is 3.41. The van der Waals surface area contributed by atoms with Crippen LogP contribution >= 0.6 is 23.1 Å². The molecule has 2 aromatic heterocycles. The van der Waals surface area contributed by atoms with E-state index in [-0.39, 0.29) is 22.7 Å². The molecule has 4 aromatic rings. The number of rotatable bonds is 2. The van der Waals surface area contributed by atoms with E-state index in [1.54, 1.807) is 16.8 Å². The SMILES string of the molecule is Cc1nn(-c2nc3ccccc3s2)c2c1[C@H](c1ccccc1F)SCC(=O)N2. The Kier molecular flexibility index (Phi) is 4.17. The second-order valence-electron chi connectivity index (χ2n) is 6.48. The number of hydrogen-bond acceptors (Lipinski definition) is 5. The highest BCUT2D eigenvalue weighted by Crippen LogP contribution is 2.44. The van der Waals surface area contributed by atoms with Crippen molar-refractivity contribution >= 4 is 45.0 Å². The molecule has 8 heteroatoms. The third-order valence-corrected chi connectivity index (χ3v) is 6.92. The van der Waals surface area contributed by atoms with Gasteiger partial charge in [-0.2, -0.15) is 9.78 Å². The summed E-state index contributed by atoms with van der Waals surface area (Å²) in [5.41, 5.74) is 3.00. The molecule has 0 bridgehead atoms. The number of thiazole rings is 1. The summed E-state index contributed by atoms with van der Waals surface area (Å²) in [5.74, 6) is 0.395. The molecule has 5 rings (SSSR count). The standard InChI is InChI=1S/C20H15FN4OS2/c1-11-17-18(12-6-2-3-7-13(12)21)27-10-16(26)23-19(17)25(24-11)20-22-14-8-4-5-9-15(14)28-20/h2-9,18H,10H2,1H3,(H,23,26)/t18-/m0/s1. The minimum Gasteiger partial charge on any atom is -0.310 e. The predicted octanol–water partition coefficient (Wildman–Crippen LogP) is 4.70. The Morgan fingerprint density at radius 3 is 2.79 bits per heavy atom. The van der Waals surface area contributed by atoms with Crippen molar-refractivity contribution in [3.8, 4) is 5.13 Å². The van der Waals surface area contributed by atoms with E-state index < -0.39 is 0 Å². The monoisotopic (exact) mass is 410 g/mol. The number of anilines is 1. The number of thioether (sulfide) groups is 1. The van der Waals surface area contributed by atoms with Gasteiger partial charge in [0.1, 0.15) is 11.6 Å². The van der Waals surface area contributed by atoms with Crippen LogP contribution in [0.25, 0.3) is 15.3 Å². The van der Waals surface area contributed by atoms with Crippen molar-refractivity contribution in [2.24, 2.45) is 0 Å². The van der Waals surface area contributed by atoms with Crippen LogP contribution in [0.2, 0.25) is 0 Å². The molecular weight excluding hydrogens is 395 g/mol. The molecule has 1 aliphatic rings. The van der Waals surface area contributed by atoms with Crippen molar-refractivity contribution in [1.29, 1.82) is 0 Å². The van der Waals surface area contributed by atoms with Crippen LogP contribution in [0.4, 0.5) is 10.2 Å². The molecule has 28 heavy (non-hydrogen) atoms. The summed E-state index contributed by atoms with van der Waals surface area (Å²) in [5, 5.41) is 7.96. The number of nitrogens with one attached hydrogen (secondary N) is 1. The summed E-state index contributed by atoms with van der Waals surface area (Å²) < 4.78 is 17.3. The van der Waals surface area contributed by atoms with Gasteiger partial charge in [0.05, 0.1) is 26.9 Å². The van der Waals surface area contributed by atoms with Gasteiger partial charge in [-0.25, -0.2) is 9.37 Å². The first-order valence-electron chi connectivity index (χ1n) is 8.73. The van der Waals surface area contributed by atoms with E-state index in [9.17, 15) is 9.18 Å². The molecule has 0 fully saturated rings. The fourth-order valence-corrected chi connectivity index (χ4v) is 5.54. The van der Waals surface area contributed by atoms with Crippen LogP contribution in [-0.2, 0) is 4.79 Å². The Labute approximate surface area is 168 Å². The highest BCUT2D eigenvalue weighted by molar-refractivity contribution is 8.00. The Morgan fingerprint density at radius 1 is 1.18 bits per heavy atom. The molecule has 1 N–H and O–H groups in total. The first-order valence-corrected chi connectivity index (χ1v) is 10.6.